The molecule has 1 fully saturated rings. The highest BCUT2D eigenvalue weighted by Gasteiger charge is 2.31. The lowest BCUT2D eigenvalue weighted by Gasteiger charge is -2.16. The van der Waals surface area contributed by atoms with Gasteiger partial charge in [-0.25, -0.2) is 8.42 Å². The number of sulfone groups is 1. The summed E-state index contributed by atoms with van der Waals surface area (Å²) in [5.41, 5.74) is 5.63. The second kappa shape index (κ2) is 6.50. The molecule has 1 saturated carbocycles. The maximum Gasteiger partial charge on any atom is 0.150 e. The number of Topliss-reactive ketones (excluding diaryl/α,β-unsaturated/α-hetero) is 1. The Morgan fingerprint density at radius 2 is 2.06 bits per heavy atom. The van der Waals surface area contributed by atoms with Crippen molar-refractivity contribution < 1.29 is 13.2 Å². The minimum absolute atomic E-state index is 0.0873. The van der Waals surface area contributed by atoms with Crippen LogP contribution in [0.5, 0.6) is 0 Å². The molecule has 17 heavy (non-hydrogen) atoms. The highest BCUT2D eigenvalue weighted by Crippen LogP contribution is 2.32. The summed E-state index contributed by atoms with van der Waals surface area (Å²) >= 11 is 0. The fourth-order valence-electron chi connectivity index (χ4n) is 2.54. The van der Waals surface area contributed by atoms with Crippen molar-refractivity contribution >= 4 is 15.6 Å². The molecule has 0 bridgehead atoms. The predicted molar refractivity (Wildman–Crippen MR) is 68.5 cm³/mol. The van der Waals surface area contributed by atoms with Gasteiger partial charge in [0.05, 0.1) is 5.75 Å². The molecule has 0 aliphatic heterocycles. The van der Waals surface area contributed by atoms with Gasteiger partial charge in [-0.15, -0.1) is 0 Å². The van der Waals surface area contributed by atoms with Gasteiger partial charge in [-0.05, 0) is 31.7 Å². The Kier molecular flexibility index (Phi) is 5.59. The number of carbonyl (C=O) groups excluding carboxylic acids is 1. The average Bonchev–Trinajstić information content (AvgIpc) is 2.76. The molecule has 1 rings (SSSR count). The summed E-state index contributed by atoms with van der Waals surface area (Å²) in [6.45, 7) is 2.21. The lowest BCUT2D eigenvalue weighted by molar-refractivity contribution is -0.123. The summed E-state index contributed by atoms with van der Waals surface area (Å²) in [5.74, 6) is 0.921. The van der Waals surface area contributed by atoms with Crippen LogP contribution in [0.1, 0.15) is 39.0 Å². The molecule has 0 aromatic heterocycles. The average molecular weight is 261 g/mol. The third-order valence-corrected chi connectivity index (χ3v) is 5.48. The van der Waals surface area contributed by atoms with E-state index in [4.69, 9.17) is 5.73 Å². The summed E-state index contributed by atoms with van der Waals surface area (Å²) < 4.78 is 22.6. The van der Waals surface area contributed by atoms with Crippen molar-refractivity contribution in [2.24, 2.45) is 17.6 Å². The molecule has 100 valence electrons. The molecule has 0 amide bonds. The molecule has 0 spiro atoms. The second-order valence-corrected chi connectivity index (χ2v) is 7.31. The van der Waals surface area contributed by atoms with E-state index < -0.39 is 9.84 Å². The predicted octanol–water partition coefficient (Wildman–Crippen LogP) is 1.15. The molecule has 4 nitrogen and oxygen atoms in total. The van der Waals surface area contributed by atoms with Gasteiger partial charge in [0, 0.05) is 18.1 Å². The molecule has 5 heteroatoms. The number of carbonyl (C=O) groups is 1. The van der Waals surface area contributed by atoms with Crippen molar-refractivity contribution in [1.82, 2.24) is 0 Å². The Labute approximate surface area is 104 Å². The van der Waals surface area contributed by atoms with E-state index in [1.54, 1.807) is 6.92 Å². The van der Waals surface area contributed by atoms with Crippen LogP contribution in [0.25, 0.3) is 0 Å². The molecule has 2 N–H and O–H groups in total. The molecule has 0 aromatic rings. The third kappa shape index (κ3) is 4.39. The van der Waals surface area contributed by atoms with E-state index in [1.165, 1.54) is 0 Å². The maximum atomic E-state index is 11.9. The first kappa shape index (κ1) is 14.6. The van der Waals surface area contributed by atoms with Crippen molar-refractivity contribution in [3.63, 3.8) is 0 Å². The minimum atomic E-state index is -2.93. The zero-order valence-electron chi connectivity index (χ0n) is 10.5. The first-order chi connectivity index (χ1) is 8.00. The Hall–Kier alpha value is -0.420. The smallest absolute Gasteiger partial charge is 0.150 e. The van der Waals surface area contributed by atoms with E-state index in [0.717, 1.165) is 19.3 Å². The Morgan fingerprint density at radius 3 is 2.65 bits per heavy atom. The van der Waals surface area contributed by atoms with Crippen molar-refractivity contribution in [2.45, 2.75) is 39.0 Å². The van der Waals surface area contributed by atoms with Gasteiger partial charge in [0.2, 0.25) is 0 Å². The topological polar surface area (TPSA) is 77.2 Å². The van der Waals surface area contributed by atoms with Crippen molar-refractivity contribution in [3.05, 3.63) is 0 Å². The lowest BCUT2D eigenvalue weighted by atomic mass is 9.90. The summed E-state index contributed by atoms with van der Waals surface area (Å²) in [6.07, 6.45) is 3.90. The molecule has 0 heterocycles. The fourth-order valence-corrected chi connectivity index (χ4v) is 3.41. The highest BCUT2D eigenvalue weighted by molar-refractivity contribution is 7.91. The molecule has 0 radical (unpaired) electrons. The van der Waals surface area contributed by atoms with Crippen LogP contribution in [-0.2, 0) is 14.6 Å². The first-order valence-electron chi connectivity index (χ1n) is 6.43. The summed E-state index contributed by atoms with van der Waals surface area (Å²) in [4.78, 5) is 11.9. The van der Waals surface area contributed by atoms with Gasteiger partial charge in [0.1, 0.15) is 15.6 Å². The van der Waals surface area contributed by atoms with Gasteiger partial charge < -0.3 is 5.73 Å². The molecule has 2 atom stereocenters. The maximum absolute atomic E-state index is 11.9. The van der Waals surface area contributed by atoms with Crippen LogP contribution in [0.3, 0.4) is 0 Å². The van der Waals surface area contributed by atoms with Gasteiger partial charge >= 0.3 is 0 Å². The van der Waals surface area contributed by atoms with Crippen molar-refractivity contribution in [2.75, 3.05) is 18.1 Å². The van der Waals surface area contributed by atoms with Crippen molar-refractivity contribution in [3.8, 4) is 0 Å². The molecule has 0 aromatic carbocycles. The SMILES string of the molecule is CCS(=O)(=O)CCCC(=O)C1CCCC1CN. The van der Waals surface area contributed by atoms with Crippen LogP contribution in [0, 0.1) is 11.8 Å². The van der Waals surface area contributed by atoms with Gasteiger partial charge in [0.25, 0.3) is 0 Å². The summed E-state index contributed by atoms with van der Waals surface area (Å²) in [5, 5.41) is 0. The van der Waals surface area contributed by atoms with E-state index in [1.807, 2.05) is 0 Å². The largest absolute Gasteiger partial charge is 0.330 e. The van der Waals surface area contributed by atoms with Gasteiger partial charge in [0.15, 0.2) is 0 Å². The van der Waals surface area contributed by atoms with Crippen LogP contribution in [0.2, 0.25) is 0 Å². The Morgan fingerprint density at radius 1 is 1.35 bits per heavy atom. The number of rotatable bonds is 7. The normalized spacial score (nSPS) is 25.1. The van der Waals surface area contributed by atoms with E-state index >= 15 is 0 Å². The quantitative estimate of drug-likeness (QED) is 0.745. The highest BCUT2D eigenvalue weighted by atomic mass is 32.2. The fraction of sp³-hybridized carbons (Fsp3) is 0.917. The van der Waals surface area contributed by atoms with E-state index in [2.05, 4.69) is 0 Å². The minimum Gasteiger partial charge on any atom is -0.330 e. The molecule has 1 aliphatic rings. The van der Waals surface area contributed by atoms with Crippen LogP contribution < -0.4 is 5.73 Å². The Bertz CT molecular complexity index is 351. The second-order valence-electron chi connectivity index (χ2n) is 4.84. The Balaban J connectivity index is 2.35. The van der Waals surface area contributed by atoms with Crippen molar-refractivity contribution in [1.29, 1.82) is 0 Å². The lowest BCUT2D eigenvalue weighted by Crippen LogP contribution is -2.25. The summed E-state index contributed by atoms with van der Waals surface area (Å²) in [6, 6.07) is 0. The van der Waals surface area contributed by atoms with E-state index in [0.29, 0.717) is 25.3 Å². The van der Waals surface area contributed by atoms with Crippen LogP contribution in [-0.4, -0.2) is 32.3 Å². The number of ketones is 1. The number of hydrogen-bond acceptors (Lipinski definition) is 4. The van der Waals surface area contributed by atoms with Crippen LogP contribution in [0.15, 0.2) is 0 Å². The monoisotopic (exact) mass is 261 g/mol. The molecular formula is C12H23NO3S. The standard InChI is InChI=1S/C12H23NO3S/c1-2-17(15,16)8-4-7-12(14)11-6-3-5-10(11)9-13/h10-11H,2-9,13H2,1H3. The third-order valence-electron chi connectivity index (χ3n) is 3.69. The molecular weight excluding hydrogens is 238 g/mol. The van der Waals surface area contributed by atoms with Crippen LogP contribution >= 0.6 is 0 Å². The molecule has 1 aliphatic carbocycles. The zero-order valence-corrected chi connectivity index (χ0v) is 11.3. The molecule has 2 unspecified atom stereocenters. The first-order valence-corrected chi connectivity index (χ1v) is 8.25. The van der Waals surface area contributed by atoms with Crippen LogP contribution in [0.4, 0.5) is 0 Å². The molecule has 0 saturated heterocycles. The zero-order chi connectivity index (χ0) is 12.9. The van der Waals surface area contributed by atoms with E-state index in [9.17, 15) is 13.2 Å². The van der Waals surface area contributed by atoms with Gasteiger partial charge in [-0.2, -0.15) is 0 Å². The van der Waals surface area contributed by atoms with Gasteiger partial charge in [-0.3, -0.25) is 4.79 Å². The number of nitrogens with two attached hydrogens (primary N) is 1. The van der Waals surface area contributed by atoms with Gasteiger partial charge in [-0.1, -0.05) is 13.3 Å². The number of hydrogen-bond donors (Lipinski definition) is 1. The summed E-state index contributed by atoms with van der Waals surface area (Å²) in [7, 11) is -2.93. The van der Waals surface area contributed by atoms with E-state index in [-0.39, 0.29) is 23.2 Å².